The Bertz CT molecular complexity index is 1960. The molecule has 0 saturated heterocycles. The molecule has 0 aliphatic carbocycles. The van der Waals surface area contributed by atoms with E-state index >= 15 is 0 Å². The predicted octanol–water partition coefficient (Wildman–Crippen LogP) is 6.37. The van der Waals surface area contributed by atoms with Crippen LogP contribution in [-0.4, -0.2) is 36.0 Å². The number of phenols is 1. The van der Waals surface area contributed by atoms with Crippen LogP contribution >= 0.6 is 0 Å². The number of aromatic hydroxyl groups is 1. The highest BCUT2D eigenvalue weighted by Gasteiger charge is 2.29. The Kier molecular flexibility index (Phi) is 8.33. The van der Waals surface area contributed by atoms with E-state index in [9.17, 15) is 30.4 Å². The van der Waals surface area contributed by atoms with Crippen molar-refractivity contribution in [3.63, 3.8) is 0 Å². The lowest BCUT2D eigenvalue weighted by Crippen LogP contribution is -2.22. The SMILES string of the molecule is CC(C)(C)Oc1ccc(S(=O)(=O)c2cc(S(=O)(=O)c3ccc(O)cc3)cc(S(=O)(=O)c3ccc(C(C)(C)C)cc3)c2)cc1. The molecule has 0 aliphatic heterocycles. The van der Waals surface area contributed by atoms with Crippen molar-refractivity contribution in [3.8, 4) is 11.5 Å². The summed E-state index contributed by atoms with van der Waals surface area (Å²) in [4.78, 5) is -2.08. The Labute approximate surface area is 253 Å². The van der Waals surface area contributed by atoms with Crippen molar-refractivity contribution >= 4 is 29.5 Å². The van der Waals surface area contributed by atoms with Crippen LogP contribution in [0.5, 0.6) is 11.5 Å². The molecule has 43 heavy (non-hydrogen) atoms. The van der Waals surface area contributed by atoms with Gasteiger partial charge in [0.25, 0.3) is 0 Å². The first kappa shape index (κ1) is 32.2. The molecule has 11 heteroatoms. The molecule has 1 N–H and O–H groups in total. The highest BCUT2D eigenvalue weighted by atomic mass is 32.2. The molecule has 0 unspecified atom stereocenters. The summed E-state index contributed by atoms with van der Waals surface area (Å²) in [5.74, 6) is 0.258. The Morgan fingerprint density at radius 3 is 1.14 bits per heavy atom. The van der Waals surface area contributed by atoms with Crippen LogP contribution in [-0.2, 0) is 34.9 Å². The average molecular weight is 643 g/mol. The van der Waals surface area contributed by atoms with Gasteiger partial charge >= 0.3 is 0 Å². The van der Waals surface area contributed by atoms with Gasteiger partial charge in [-0.3, -0.25) is 0 Å². The van der Waals surface area contributed by atoms with E-state index in [0.29, 0.717) is 5.75 Å². The van der Waals surface area contributed by atoms with Crippen LogP contribution in [0, 0.1) is 0 Å². The summed E-state index contributed by atoms with van der Waals surface area (Å²) in [6, 6.07) is 19.3. The molecule has 0 aromatic heterocycles. The third kappa shape index (κ3) is 6.95. The number of phenolic OH excluding ortho intramolecular Hbond substituents is 1. The third-order valence-electron chi connectivity index (χ3n) is 6.52. The molecule has 4 aromatic rings. The van der Waals surface area contributed by atoms with Crippen LogP contribution in [0.2, 0.25) is 0 Å². The summed E-state index contributed by atoms with van der Waals surface area (Å²) in [6.07, 6.45) is 0. The molecule has 0 bridgehead atoms. The van der Waals surface area contributed by atoms with Gasteiger partial charge in [-0.2, -0.15) is 0 Å². The molecule has 4 aromatic carbocycles. The molecule has 0 fully saturated rings. The van der Waals surface area contributed by atoms with Gasteiger partial charge in [-0.1, -0.05) is 32.9 Å². The van der Waals surface area contributed by atoms with Crippen LogP contribution in [0.15, 0.2) is 120 Å². The van der Waals surface area contributed by atoms with Crippen molar-refractivity contribution < 1.29 is 35.1 Å². The fraction of sp³-hybridized carbons (Fsp3) is 0.250. The van der Waals surface area contributed by atoms with E-state index < -0.39 is 49.8 Å². The summed E-state index contributed by atoms with van der Waals surface area (Å²) in [6.45, 7) is 11.5. The third-order valence-corrected chi connectivity index (χ3v) is 11.8. The standard InChI is InChI=1S/C32H34O8S3/c1-31(2,3)22-7-13-25(14-8-22)41(34,35)28-19-29(42(36,37)26-15-9-23(33)10-16-26)21-30(20-28)43(38,39)27-17-11-24(12-18-27)40-32(4,5)6/h7-21,33H,1-6H3. The predicted molar refractivity (Wildman–Crippen MR) is 163 cm³/mol. The molecule has 8 nitrogen and oxygen atoms in total. The Morgan fingerprint density at radius 1 is 0.488 bits per heavy atom. The Balaban J connectivity index is 1.91. The molecular weight excluding hydrogens is 609 g/mol. The molecule has 228 valence electrons. The van der Waals surface area contributed by atoms with Crippen molar-refractivity contribution in [3.05, 3.63) is 96.6 Å². The van der Waals surface area contributed by atoms with E-state index in [0.717, 1.165) is 35.9 Å². The van der Waals surface area contributed by atoms with Crippen LogP contribution in [0.25, 0.3) is 0 Å². The van der Waals surface area contributed by atoms with E-state index in [1.54, 1.807) is 12.1 Å². The van der Waals surface area contributed by atoms with E-state index in [4.69, 9.17) is 4.74 Å². The molecule has 0 heterocycles. The van der Waals surface area contributed by atoms with Gasteiger partial charge < -0.3 is 9.84 Å². The van der Waals surface area contributed by atoms with Gasteiger partial charge in [-0.25, -0.2) is 25.3 Å². The van der Waals surface area contributed by atoms with Crippen LogP contribution in [0.3, 0.4) is 0 Å². The number of hydrogen-bond acceptors (Lipinski definition) is 8. The molecule has 0 atom stereocenters. The first-order chi connectivity index (χ1) is 19.7. The van der Waals surface area contributed by atoms with E-state index in [2.05, 4.69) is 0 Å². The van der Waals surface area contributed by atoms with Crippen molar-refractivity contribution in [1.82, 2.24) is 0 Å². The van der Waals surface area contributed by atoms with Crippen LogP contribution < -0.4 is 4.74 Å². The number of hydrogen-bond donors (Lipinski definition) is 1. The van der Waals surface area contributed by atoms with E-state index in [-0.39, 0.29) is 25.9 Å². The minimum Gasteiger partial charge on any atom is -0.508 e. The molecule has 0 radical (unpaired) electrons. The van der Waals surface area contributed by atoms with Gasteiger partial charge in [0.2, 0.25) is 29.5 Å². The Hall–Kier alpha value is -3.67. The van der Waals surface area contributed by atoms with Crippen LogP contribution in [0.1, 0.15) is 47.1 Å². The van der Waals surface area contributed by atoms with Gasteiger partial charge in [0, 0.05) is 0 Å². The van der Waals surface area contributed by atoms with E-state index in [1.165, 1.54) is 48.5 Å². The summed E-state index contributed by atoms with van der Waals surface area (Å²) < 4.78 is 88.2. The largest absolute Gasteiger partial charge is 0.508 e. The van der Waals surface area contributed by atoms with Crippen LogP contribution in [0.4, 0.5) is 0 Å². The van der Waals surface area contributed by atoms with Crippen molar-refractivity contribution in [1.29, 1.82) is 0 Å². The first-order valence-electron chi connectivity index (χ1n) is 13.3. The molecule has 0 amide bonds. The second-order valence-electron chi connectivity index (χ2n) is 12.1. The maximum Gasteiger partial charge on any atom is 0.206 e. The van der Waals surface area contributed by atoms with E-state index in [1.807, 2.05) is 41.5 Å². The molecule has 4 rings (SSSR count). The average Bonchev–Trinajstić information content (AvgIpc) is 2.92. The number of sulfone groups is 3. The van der Waals surface area contributed by atoms with Gasteiger partial charge in [-0.05, 0) is 111 Å². The summed E-state index contributed by atoms with van der Waals surface area (Å²) in [7, 11) is -13.1. The second-order valence-corrected chi connectivity index (χ2v) is 18.0. The maximum atomic E-state index is 13.8. The second kappa shape index (κ2) is 11.1. The zero-order valence-electron chi connectivity index (χ0n) is 24.7. The lowest BCUT2D eigenvalue weighted by atomic mass is 9.87. The highest BCUT2D eigenvalue weighted by Crippen LogP contribution is 2.34. The smallest absolute Gasteiger partial charge is 0.206 e. The van der Waals surface area contributed by atoms with Gasteiger partial charge in [-0.15, -0.1) is 0 Å². The summed E-state index contributed by atoms with van der Waals surface area (Å²) >= 11 is 0. The monoisotopic (exact) mass is 642 g/mol. The molecular formula is C32H34O8S3. The first-order valence-corrected chi connectivity index (χ1v) is 17.8. The number of ether oxygens (including phenoxy) is 1. The zero-order chi connectivity index (χ0) is 32.0. The summed E-state index contributed by atoms with van der Waals surface area (Å²) in [5.41, 5.74) is 0.123. The highest BCUT2D eigenvalue weighted by molar-refractivity contribution is 7.93. The minimum atomic E-state index is -4.40. The van der Waals surface area contributed by atoms with Crippen molar-refractivity contribution in [2.45, 2.75) is 81.9 Å². The minimum absolute atomic E-state index is 0.119. The lowest BCUT2D eigenvalue weighted by Gasteiger charge is -2.21. The van der Waals surface area contributed by atoms with Gasteiger partial charge in [0.05, 0.1) is 29.4 Å². The molecule has 0 aliphatic rings. The van der Waals surface area contributed by atoms with Crippen molar-refractivity contribution in [2.75, 3.05) is 0 Å². The van der Waals surface area contributed by atoms with Gasteiger partial charge in [0.1, 0.15) is 17.1 Å². The quantitative estimate of drug-likeness (QED) is 0.246. The molecule has 0 saturated carbocycles. The molecule has 0 spiro atoms. The number of rotatable bonds is 7. The topological polar surface area (TPSA) is 132 Å². The van der Waals surface area contributed by atoms with Crippen molar-refractivity contribution in [2.24, 2.45) is 0 Å². The fourth-order valence-corrected chi connectivity index (χ4v) is 8.44. The normalized spacial score (nSPS) is 13.1. The zero-order valence-corrected chi connectivity index (χ0v) is 27.1. The number of benzene rings is 4. The maximum absolute atomic E-state index is 13.8. The van der Waals surface area contributed by atoms with Gasteiger partial charge in [0.15, 0.2) is 0 Å². The summed E-state index contributed by atoms with van der Waals surface area (Å²) in [5, 5.41) is 9.64. The Morgan fingerprint density at radius 2 is 0.814 bits per heavy atom. The lowest BCUT2D eigenvalue weighted by molar-refractivity contribution is 0.131. The fourth-order valence-electron chi connectivity index (χ4n) is 4.22.